The zero-order chi connectivity index (χ0) is 26.2. The highest BCUT2D eigenvalue weighted by Gasteiger charge is 2.35. The Bertz CT molecular complexity index is 1550. The second-order valence-corrected chi connectivity index (χ2v) is 10.7. The number of benzene rings is 1. The highest BCUT2D eigenvalue weighted by atomic mass is 32.2. The summed E-state index contributed by atoms with van der Waals surface area (Å²) >= 11 is 0. The maximum Gasteiger partial charge on any atom is 0.323 e. The fraction of sp³-hybridized carbons (Fsp3) is 0.240. The van der Waals surface area contributed by atoms with Crippen LogP contribution in [0.25, 0.3) is 11.0 Å². The minimum atomic E-state index is -4.07. The average molecular weight is 530 g/mol. The van der Waals surface area contributed by atoms with Gasteiger partial charge in [-0.1, -0.05) is 18.2 Å². The molecule has 1 aromatic carbocycles. The second kappa shape index (κ2) is 9.51. The van der Waals surface area contributed by atoms with Crippen LogP contribution in [0.4, 0.5) is 29.3 Å². The predicted molar refractivity (Wildman–Crippen MR) is 132 cm³/mol. The number of halogens is 3. The molecule has 4 aromatic rings. The molecule has 12 heteroatoms. The van der Waals surface area contributed by atoms with Crippen molar-refractivity contribution < 1.29 is 26.4 Å². The van der Waals surface area contributed by atoms with Gasteiger partial charge in [0.15, 0.2) is 5.65 Å². The summed E-state index contributed by atoms with van der Waals surface area (Å²) in [6.07, 6.45) is 3.81. The summed E-state index contributed by atoms with van der Waals surface area (Å²) in [5.41, 5.74) is 1.00. The predicted octanol–water partition coefficient (Wildman–Crippen LogP) is 5.74. The van der Waals surface area contributed by atoms with Crippen molar-refractivity contribution in [2.45, 2.75) is 42.4 Å². The number of amides is 2. The molecule has 8 nitrogen and oxygen atoms in total. The van der Waals surface area contributed by atoms with Crippen LogP contribution in [-0.4, -0.2) is 34.3 Å². The quantitative estimate of drug-likeness (QED) is 0.343. The van der Waals surface area contributed by atoms with Gasteiger partial charge in [-0.2, -0.15) is 0 Å². The maximum atomic E-state index is 14.0. The third kappa shape index (κ3) is 5.15. The summed E-state index contributed by atoms with van der Waals surface area (Å²) in [5.74, 6) is -3.40. The largest absolute Gasteiger partial charge is 0.323 e. The molecular formula is C25H22F3N5O3S. The summed E-state index contributed by atoms with van der Waals surface area (Å²) in [7, 11) is -4.07. The third-order valence-electron chi connectivity index (χ3n) is 6.31. The molecule has 3 heterocycles. The number of hydrogen-bond donors (Lipinski definition) is 2. The Kier molecular flexibility index (Phi) is 6.36. The van der Waals surface area contributed by atoms with E-state index >= 15 is 0 Å². The molecule has 2 amide bonds. The van der Waals surface area contributed by atoms with Crippen molar-refractivity contribution in [1.29, 1.82) is 0 Å². The number of carbonyl (C=O) groups excluding carboxylic acids is 1. The lowest BCUT2D eigenvalue weighted by atomic mass is 9.84. The van der Waals surface area contributed by atoms with Crippen molar-refractivity contribution in [3.8, 4) is 0 Å². The van der Waals surface area contributed by atoms with Crippen LogP contribution in [0, 0.1) is 5.82 Å². The molecule has 1 fully saturated rings. The molecule has 0 aliphatic heterocycles. The first-order valence-corrected chi connectivity index (χ1v) is 13.0. The van der Waals surface area contributed by atoms with Gasteiger partial charge in [-0.05, 0) is 43.2 Å². The Balaban J connectivity index is 1.35. The topological polar surface area (TPSA) is 106 Å². The number of carbonyl (C=O) groups is 1. The summed E-state index contributed by atoms with van der Waals surface area (Å²) in [5, 5.41) is 5.22. The molecular weight excluding hydrogens is 507 g/mol. The number of nitrogens with zero attached hydrogens (tertiary/aromatic N) is 3. The van der Waals surface area contributed by atoms with Crippen molar-refractivity contribution in [2.75, 3.05) is 10.6 Å². The summed E-state index contributed by atoms with van der Waals surface area (Å²) in [6.45, 7) is 0. The molecule has 0 radical (unpaired) electrons. The molecule has 0 spiro atoms. The first-order chi connectivity index (χ1) is 17.6. The fourth-order valence-corrected chi connectivity index (χ4v) is 5.73. The number of rotatable bonds is 5. The first kappa shape index (κ1) is 24.8. The van der Waals surface area contributed by atoms with Crippen molar-refractivity contribution in [2.24, 2.45) is 0 Å². The normalized spacial score (nSPS) is 16.0. The Morgan fingerprint density at radius 3 is 2.41 bits per heavy atom. The van der Waals surface area contributed by atoms with Gasteiger partial charge in [-0.25, -0.2) is 35.3 Å². The number of hydrogen-bond acceptors (Lipinski definition) is 5. The van der Waals surface area contributed by atoms with E-state index in [1.807, 2.05) is 0 Å². The van der Waals surface area contributed by atoms with Gasteiger partial charge in [0.25, 0.3) is 10.0 Å². The number of aromatic nitrogens is 3. The Labute approximate surface area is 210 Å². The van der Waals surface area contributed by atoms with Crippen molar-refractivity contribution in [3.05, 3.63) is 78.6 Å². The monoisotopic (exact) mass is 529 g/mol. The van der Waals surface area contributed by atoms with E-state index in [0.717, 1.165) is 16.2 Å². The average Bonchev–Trinajstić information content (AvgIpc) is 3.23. The van der Waals surface area contributed by atoms with Gasteiger partial charge in [0.05, 0.1) is 28.7 Å². The molecule has 2 N–H and O–H groups in total. The van der Waals surface area contributed by atoms with Crippen molar-refractivity contribution >= 4 is 38.5 Å². The Hall–Kier alpha value is -3.93. The van der Waals surface area contributed by atoms with E-state index in [4.69, 9.17) is 0 Å². The van der Waals surface area contributed by atoms with E-state index in [2.05, 4.69) is 20.6 Å². The molecule has 1 aliphatic carbocycles. The molecule has 0 saturated heterocycles. The van der Waals surface area contributed by atoms with Gasteiger partial charge in [-0.3, -0.25) is 4.98 Å². The van der Waals surface area contributed by atoms with Gasteiger partial charge >= 0.3 is 6.03 Å². The Morgan fingerprint density at radius 1 is 1.00 bits per heavy atom. The molecule has 3 aromatic heterocycles. The zero-order valence-corrected chi connectivity index (χ0v) is 20.2. The van der Waals surface area contributed by atoms with Crippen LogP contribution in [0.3, 0.4) is 0 Å². The van der Waals surface area contributed by atoms with Crippen LogP contribution in [0.15, 0.2) is 72.0 Å². The number of pyridine rings is 2. The summed E-state index contributed by atoms with van der Waals surface area (Å²) < 4.78 is 68.0. The number of urea groups is 1. The first-order valence-electron chi connectivity index (χ1n) is 11.5. The lowest BCUT2D eigenvalue weighted by Crippen LogP contribution is -2.24. The molecule has 0 atom stereocenters. The van der Waals surface area contributed by atoms with Gasteiger partial charge in [-0.15, -0.1) is 0 Å². The van der Waals surface area contributed by atoms with Crippen LogP contribution < -0.4 is 10.6 Å². The van der Waals surface area contributed by atoms with Crippen LogP contribution in [0.5, 0.6) is 0 Å². The molecule has 37 heavy (non-hydrogen) atoms. The zero-order valence-electron chi connectivity index (χ0n) is 19.4. The molecule has 1 aliphatic rings. The van der Waals surface area contributed by atoms with E-state index in [1.165, 1.54) is 24.5 Å². The summed E-state index contributed by atoms with van der Waals surface area (Å²) in [4.78, 5) is 20.9. The van der Waals surface area contributed by atoms with Crippen LogP contribution >= 0.6 is 0 Å². The minimum Gasteiger partial charge on any atom is -0.306 e. The molecule has 5 rings (SSSR count). The molecule has 0 unspecified atom stereocenters. The SMILES string of the molecule is O=C(Nc1ccc(C2CCC(F)(F)CC2)nc1)Nc1cn(S(=O)(=O)c2ccccc2)c2ncc(F)cc12. The lowest BCUT2D eigenvalue weighted by molar-refractivity contribution is -0.0384. The Morgan fingerprint density at radius 2 is 1.73 bits per heavy atom. The van der Waals surface area contributed by atoms with Crippen molar-refractivity contribution in [3.63, 3.8) is 0 Å². The van der Waals surface area contributed by atoms with E-state index in [1.54, 1.807) is 30.3 Å². The molecule has 192 valence electrons. The van der Waals surface area contributed by atoms with E-state index in [-0.39, 0.29) is 40.4 Å². The van der Waals surface area contributed by atoms with Gasteiger partial charge in [0.1, 0.15) is 5.82 Å². The highest BCUT2D eigenvalue weighted by Crippen LogP contribution is 2.40. The van der Waals surface area contributed by atoms with E-state index in [9.17, 15) is 26.4 Å². The number of alkyl halides is 2. The maximum absolute atomic E-state index is 14.0. The van der Waals surface area contributed by atoms with Gasteiger partial charge in [0, 0.05) is 36.0 Å². The number of anilines is 2. The van der Waals surface area contributed by atoms with E-state index in [0.29, 0.717) is 24.2 Å². The fourth-order valence-electron chi connectivity index (χ4n) is 4.38. The van der Waals surface area contributed by atoms with Crippen LogP contribution in [0.2, 0.25) is 0 Å². The van der Waals surface area contributed by atoms with Gasteiger partial charge < -0.3 is 10.6 Å². The second-order valence-electron chi connectivity index (χ2n) is 8.86. The third-order valence-corrected chi connectivity index (χ3v) is 7.97. The van der Waals surface area contributed by atoms with Gasteiger partial charge in [0.2, 0.25) is 5.92 Å². The lowest BCUT2D eigenvalue weighted by Gasteiger charge is -2.27. The molecule has 1 saturated carbocycles. The number of fused-ring (bicyclic) bond motifs is 1. The standard InChI is InChI=1S/C25H22F3N5O3S/c26-17-12-20-22(15-33(23(20)30-13-17)37(35,36)19-4-2-1-3-5-19)32-24(34)31-18-6-7-21(29-14-18)16-8-10-25(27,28)11-9-16/h1-7,12-16H,8-11H2,(H2,31,32,34). The minimum absolute atomic E-state index is 0.00174. The van der Waals surface area contributed by atoms with Crippen molar-refractivity contribution in [1.82, 2.24) is 13.9 Å². The number of nitrogens with one attached hydrogen (secondary N) is 2. The smallest absolute Gasteiger partial charge is 0.306 e. The van der Waals surface area contributed by atoms with Crippen LogP contribution in [0.1, 0.15) is 37.3 Å². The molecule has 0 bridgehead atoms. The highest BCUT2D eigenvalue weighted by molar-refractivity contribution is 7.90. The van der Waals surface area contributed by atoms with E-state index < -0.39 is 27.8 Å². The summed E-state index contributed by atoms with van der Waals surface area (Å²) in [6, 6.07) is 11.3. The van der Waals surface area contributed by atoms with Crippen LogP contribution in [-0.2, 0) is 10.0 Å².